The Kier molecular flexibility index (Phi) is 4.53. The van der Waals surface area contributed by atoms with E-state index in [4.69, 9.17) is 4.74 Å². The van der Waals surface area contributed by atoms with Crippen molar-refractivity contribution < 1.29 is 4.74 Å². The molecule has 1 aliphatic heterocycles. The number of hydrogen-bond acceptors (Lipinski definition) is 4. The van der Waals surface area contributed by atoms with Gasteiger partial charge in [0.15, 0.2) is 0 Å². The Hall–Kier alpha value is -0.420. The number of rotatable bonds is 4. The summed E-state index contributed by atoms with van der Waals surface area (Å²) in [6, 6.07) is 5.22. The molecule has 1 N–H and O–H groups in total. The Morgan fingerprint density at radius 2 is 2.16 bits per heavy atom. The van der Waals surface area contributed by atoms with Crippen LogP contribution in [0.1, 0.15) is 35.4 Å². The van der Waals surface area contributed by atoms with Gasteiger partial charge in [0.1, 0.15) is 0 Å². The van der Waals surface area contributed by atoms with E-state index < -0.39 is 0 Å². The Morgan fingerprint density at radius 3 is 3.05 bits per heavy atom. The summed E-state index contributed by atoms with van der Waals surface area (Å²) in [4.78, 5) is 5.59. The monoisotopic (exact) mass is 280 g/mol. The standard InChI is InChI=1S/C15H24N2OS/c1-16-10-12-6-7-13(19-12)11-17-8-9-18-15-5-3-2-4-14(15)17/h6-7,14-16H,2-5,8-11H2,1H3. The minimum Gasteiger partial charge on any atom is -0.375 e. The molecule has 1 saturated heterocycles. The van der Waals surface area contributed by atoms with Gasteiger partial charge in [-0.15, -0.1) is 11.3 Å². The highest BCUT2D eigenvalue weighted by molar-refractivity contribution is 7.11. The maximum atomic E-state index is 5.95. The summed E-state index contributed by atoms with van der Waals surface area (Å²) >= 11 is 1.95. The van der Waals surface area contributed by atoms with Crippen LogP contribution in [-0.2, 0) is 17.8 Å². The molecule has 1 aromatic rings. The largest absolute Gasteiger partial charge is 0.375 e. The number of thiophene rings is 1. The van der Waals surface area contributed by atoms with Crippen molar-refractivity contribution in [1.82, 2.24) is 10.2 Å². The van der Waals surface area contributed by atoms with Crippen LogP contribution in [0.4, 0.5) is 0 Å². The molecule has 0 spiro atoms. The van der Waals surface area contributed by atoms with E-state index in [1.165, 1.54) is 35.4 Å². The molecule has 1 aromatic heterocycles. The third-order valence-corrected chi connectivity index (χ3v) is 5.34. The molecule has 0 bridgehead atoms. The molecule has 0 aromatic carbocycles. The van der Waals surface area contributed by atoms with Crippen LogP contribution in [0.2, 0.25) is 0 Å². The summed E-state index contributed by atoms with van der Waals surface area (Å²) in [6.45, 7) is 4.11. The maximum absolute atomic E-state index is 5.95. The van der Waals surface area contributed by atoms with Crippen LogP contribution in [0.3, 0.4) is 0 Å². The smallest absolute Gasteiger partial charge is 0.0731 e. The zero-order valence-electron chi connectivity index (χ0n) is 11.7. The number of fused-ring (bicyclic) bond motifs is 1. The van der Waals surface area contributed by atoms with E-state index in [2.05, 4.69) is 22.3 Å². The van der Waals surface area contributed by atoms with E-state index in [1.807, 2.05) is 18.4 Å². The summed E-state index contributed by atoms with van der Waals surface area (Å²) in [7, 11) is 2.01. The van der Waals surface area contributed by atoms with Crippen LogP contribution in [0.15, 0.2) is 12.1 Å². The average molecular weight is 280 g/mol. The quantitative estimate of drug-likeness (QED) is 0.917. The molecule has 2 unspecified atom stereocenters. The van der Waals surface area contributed by atoms with Crippen LogP contribution < -0.4 is 5.32 Å². The van der Waals surface area contributed by atoms with Gasteiger partial charge in [0.05, 0.1) is 12.7 Å². The van der Waals surface area contributed by atoms with Crippen molar-refractivity contribution in [1.29, 1.82) is 0 Å². The molecule has 3 rings (SSSR count). The Balaban J connectivity index is 1.63. The first kappa shape index (κ1) is 13.6. The highest BCUT2D eigenvalue weighted by atomic mass is 32.1. The van der Waals surface area contributed by atoms with Crippen LogP contribution >= 0.6 is 11.3 Å². The van der Waals surface area contributed by atoms with Gasteiger partial charge in [0.2, 0.25) is 0 Å². The number of morpholine rings is 1. The minimum atomic E-state index is 0.499. The highest BCUT2D eigenvalue weighted by Crippen LogP contribution is 2.30. The predicted octanol–water partition coefficient (Wildman–Crippen LogP) is 2.61. The molecule has 0 radical (unpaired) electrons. The van der Waals surface area contributed by atoms with E-state index in [0.717, 1.165) is 26.2 Å². The first-order chi connectivity index (χ1) is 9.36. The van der Waals surface area contributed by atoms with Gasteiger partial charge in [-0.3, -0.25) is 4.90 Å². The summed E-state index contributed by atoms with van der Waals surface area (Å²) in [5, 5.41) is 3.22. The first-order valence-corrected chi connectivity index (χ1v) is 8.26. The van der Waals surface area contributed by atoms with Crippen molar-refractivity contribution in [3.05, 3.63) is 21.9 Å². The Bertz CT molecular complexity index is 405. The first-order valence-electron chi connectivity index (χ1n) is 7.44. The topological polar surface area (TPSA) is 24.5 Å². The molecule has 19 heavy (non-hydrogen) atoms. The van der Waals surface area contributed by atoms with Crippen molar-refractivity contribution in [3.63, 3.8) is 0 Å². The summed E-state index contributed by atoms with van der Waals surface area (Å²) < 4.78 is 5.95. The lowest BCUT2D eigenvalue weighted by molar-refractivity contribution is -0.0908. The average Bonchev–Trinajstić information content (AvgIpc) is 2.87. The van der Waals surface area contributed by atoms with Gasteiger partial charge in [-0.2, -0.15) is 0 Å². The molecule has 4 heteroatoms. The number of ether oxygens (including phenoxy) is 1. The van der Waals surface area contributed by atoms with E-state index in [1.54, 1.807) is 0 Å². The fourth-order valence-electron chi connectivity index (χ4n) is 3.35. The van der Waals surface area contributed by atoms with Crippen LogP contribution in [-0.4, -0.2) is 37.2 Å². The van der Waals surface area contributed by atoms with Crippen molar-refractivity contribution in [2.45, 2.75) is 50.9 Å². The van der Waals surface area contributed by atoms with Gasteiger partial charge in [0.25, 0.3) is 0 Å². The molecule has 2 aliphatic rings. The molecule has 106 valence electrons. The molecule has 0 amide bonds. The van der Waals surface area contributed by atoms with E-state index in [-0.39, 0.29) is 0 Å². The van der Waals surface area contributed by atoms with Crippen molar-refractivity contribution >= 4 is 11.3 Å². The summed E-state index contributed by atoms with van der Waals surface area (Å²) in [5.74, 6) is 0. The normalized spacial score (nSPS) is 28.3. The molecular weight excluding hydrogens is 256 g/mol. The third kappa shape index (κ3) is 3.19. The zero-order chi connectivity index (χ0) is 13.1. The predicted molar refractivity (Wildman–Crippen MR) is 79.5 cm³/mol. The molecule has 2 fully saturated rings. The lowest BCUT2D eigenvalue weighted by atomic mass is 9.90. The molecule has 1 saturated carbocycles. The number of nitrogens with one attached hydrogen (secondary N) is 1. The highest BCUT2D eigenvalue weighted by Gasteiger charge is 2.34. The van der Waals surface area contributed by atoms with E-state index in [0.29, 0.717) is 12.1 Å². The third-order valence-electron chi connectivity index (χ3n) is 4.27. The van der Waals surface area contributed by atoms with E-state index in [9.17, 15) is 0 Å². The second-order valence-electron chi connectivity index (χ2n) is 5.63. The Labute approximate surface area is 119 Å². The SMILES string of the molecule is CNCc1ccc(CN2CCOC3CCCCC32)s1. The van der Waals surface area contributed by atoms with Crippen molar-refractivity contribution in [2.24, 2.45) is 0 Å². The van der Waals surface area contributed by atoms with Crippen LogP contribution in [0.25, 0.3) is 0 Å². The second-order valence-corrected chi connectivity index (χ2v) is 6.88. The lowest BCUT2D eigenvalue weighted by Crippen LogP contribution is -2.51. The molecule has 3 nitrogen and oxygen atoms in total. The molecular formula is C15H24N2OS. The Morgan fingerprint density at radius 1 is 1.32 bits per heavy atom. The zero-order valence-corrected chi connectivity index (χ0v) is 12.5. The van der Waals surface area contributed by atoms with Gasteiger partial charge in [0, 0.05) is 35.4 Å². The van der Waals surface area contributed by atoms with Gasteiger partial charge in [-0.25, -0.2) is 0 Å². The molecule has 2 atom stereocenters. The summed E-state index contributed by atoms with van der Waals surface area (Å²) in [6.07, 6.45) is 5.80. The van der Waals surface area contributed by atoms with Gasteiger partial charge in [-0.05, 0) is 32.0 Å². The number of nitrogens with zero attached hydrogens (tertiary/aromatic N) is 1. The fraction of sp³-hybridized carbons (Fsp3) is 0.733. The molecule has 2 heterocycles. The van der Waals surface area contributed by atoms with Gasteiger partial charge < -0.3 is 10.1 Å². The van der Waals surface area contributed by atoms with Gasteiger partial charge >= 0.3 is 0 Å². The minimum absolute atomic E-state index is 0.499. The molecule has 1 aliphatic carbocycles. The van der Waals surface area contributed by atoms with Crippen molar-refractivity contribution in [3.8, 4) is 0 Å². The van der Waals surface area contributed by atoms with Crippen molar-refractivity contribution in [2.75, 3.05) is 20.2 Å². The van der Waals surface area contributed by atoms with Crippen LogP contribution in [0.5, 0.6) is 0 Å². The van der Waals surface area contributed by atoms with Gasteiger partial charge in [-0.1, -0.05) is 12.8 Å². The fourth-order valence-corrected chi connectivity index (χ4v) is 4.41. The maximum Gasteiger partial charge on any atom is 0.0731 e. The van der Waals surface area contributed by atoms with E-state index >= 15 is 0 Å². The van der Waals surface area contributed by atoms with Crippen LogP contribution in [0, 0.1) is 0 Å². The number of hydrogen-bond donors (Lipinski definition) is 1. The summed E-state index contributed by atoms with van der Waals surface area (Å²) in [5.41, 5.74) is 0. The second kappa shape index (κ2) is 6.35. The lowest BCUT2D eigenvalue weighted by Gasteiger charge is -2.43.